The molecule has 1 aliphatic rings. The second-order valence-electron chi connectivity index (χ2n) is 6.39. The van der Waals surface area contributed by atoms with Crippen molar-refractivity contribution < 1.29 is 0 Å². The zero-order chi connectivity index (χ0) is 16.7. The highest BCUT2D eigenvalue weighted by atomic mass is 127. The van der Waals surface area contributed by atoms with Crippen LogP contribution in [0.1, 0.15) is 31.9 Å². The van der Waals surface area contributed by atoms with E-state index < -0.39 is 0 Å². The molecule has 2 rings (SSSR count). The topological polar surface area (TPSA) is 40.5 Å². The predicted molar refractivity (Wildman–Crippen MR) is 117 cm³/mol. The number of aromatic nitrogens is 1. The van der Waals surface area contributed by atoms with Gasteiger partial charge in [0.2, 0.25) is 0 Å². The number of aryl methyl sites for hydroxylation is 1. The Hall–Kier alpha value is -0.500. The Labute approximate surface area is 168 Å². The van der Waals surface area contributed by atoms with Gasteiger partial charge in [0.1, 0.15) is 0 Å². The SMILES string of the molecule is CCNC(=NCCc1ccncc1C)N1CCSC(C(C)C)C1.I. The molecule has 1 atom stereocenters. The lowest BCUT2D eigenvalue weighted by Crippen LogP contribution is -2.49. The Morgan fingerprint density at radius 2 is 2.29 bits per heavy atom. The maximum absolute atomic E-state index is 4.87. The number of pyridine rings is 1. The van der Waals surface area contributed by atoms with Crippen LogP contribution in [0.2, 0.25) is 0 Å². The smallest absolute Gasteiger partial charge is 0.193 e. The maximum atomic E-state index is 4.87. The van der Waals surface area contributed by atoms with Crippen LogP contribution >= 0.6 is 35.7 Å². The monoisotopic (exact) mass is 462 g/mol. The van der Waals surface area contributed by atoms with E-state index in [1.54, 1.807) is 0 Å². The molecule has 0 amide bonds. The number of thioether (sulfide) groups is 1. The number of halogens is 1. The van der Waals surface area contributed by atoms with Crippen molar-refractivity contribution in [1.29, 1.82) is 0 Å². The Kier molecular flexibility index (Phi) is 10.0. The first kappa shape index (κ1) is 21.5. The predicted octanol–water partition coefficient (Wildman–Crippen LogP) is 3.59. The average Bonchev–Trinajstić information content (AvgIpc) is 2.56. The molecule has 1 fully saturated rings. The molecular formula is C18H31IN4S. The Bertz CT molecular complexity index is 521. The van der Waals surface area contributed by atoms with Crippen molar-refractivity contribution in [2.45, 2.75) is 39.4 Å². The minimum absolute atomic E-state index is 0. The molecule has 4 nitrogen and oxygen atoms in total. The standard InChI is InChI=1S/C18H30N4S.HI/c1-5-20-18(22-10-11-23-17(13-22)14(2)3)21-9-7-16-6-8-19-12-15(16)4;/h6,8,12,14,17H,5,7,9-11,13H2,1-4H3,(H,20,21);1H. The van der Waals surface area contributed by atoms with E-state index in [4.69, 9.17) is 4.99 Å². The van der Waals surface area contributed by atoms with Crippen molar-refractivity contribution in [1.82, 2.24) is 15.2 Å². The van der Waals surface area contributed by atoms with Gasteiger partial charge in [-0.3, -0.25) is 9.98 Å². The molecule has 1 saturated heterocycles. The number of rotatable bonds is 5. The van der Waals surface area contributed by atoms with Crippen LogP contribution in [0, 0.1) is 12.8 Å². The first-order valence-corrected chi connectivity index (χ1v) is 9.71. The highest BCUT2D eigenvalue weighted by Crippen LogP contribution is 2.24. The van der Waals surface area contributed by atoms with Gasteiger partial charge >= 0.3 is 0 Å². The molecule has 1 unspecified atom stereocenters. The van der Waals surface area contributed by atoms with Gasteiger partial charge in [0, 0.05) is 49.6 Å². The van der Waals surface area contributed by atoms with Crippen LogP contribution in [0.4, 0.5) is 0 Å². The fourth-order valence-corrected chi connectivity index (χ4v) is 4.06. The van der Waals surface area contributed by atoms with E-state index in [2.05, 4.69) is 60.7 Å². The lowest BCUT2D eigenvalue weighted by atomic mass is 10.1. The van der Waals surface area contributed by atoms with Gasteiger partial charge in [-0.05, 0) is 43.4 Å². The quantitative estimate of drug-likeness (QED) is 0.413. The molecule has 6 heteroatoms. The maximum Gasteiger partial charge on any atom is 0.193 e. The van der Waals surface area contributed by atoms with Crippen LogP contribution in [0.3, 0.4) is 0 Å². The molecule has 0 bridgehead atoms. The number of nitrogens with zero attached hydrogens (tertiary/aromatic N) is 3. The summed E-state index contributed by atoms with van der Waals surface area (Å²) >= 11 is 2.10. The average molecular weight is 462 g/mol. The summed E-state index contributed by atoms with van der Waals surface area (Å²) in [7, 11) is 0. The van der Waals surface area contributed by atoms with Crippen LogP contribution < -0.4 is 5.32 Å². The largest absolute Gasteiger partial charge is 0.357 e. The summed E-state index contributed by atoms with van der Waals surface area (Å²) in [5.74, 6) is 2.98. The van der Waals surface area contributed by atoms with Crippen molar-refractivity contribution in [2.75, 3.05) is 31.9 Å². The molecule has 1 N–H and O–H groups in total. The van der Waals surface area contributed by atoms with Gasteiger partial charge < -0.3 is 10.2 Å². The van der Waals surface area contributed by atoms with E-state index in [-0.39, 0.29) is 24.0 Å². The van der Waals surface area contributed by atoms with E-state index in [0.717, 1.165) is 38.6 Å². The van der Waals surface area contributed by atoms with Crippen LogP contribution in [0.5, 0.6) is 0 Å². The van der Waals surface area contributed by atoms with E-state index >= 15 is 0 Å². The lowest BCUT2D eigenvalue weighted by Gasteiger charge is -2.36. The minimum atomic E-state index is 0. The molecule has 2 heterocycles. The summed E-state index contributed by atoms with van der Waals surface area (Å²) < 4.78 is 0. The Balaban J connectivity index is 0.00000288. The molecule has 136 valence electrons. The first-order chi connectivity index (χ1) is 11.1. The zero-order valence-corrected chi connectivity index (χ0v) is 18.4. The third kappa shape index (κ3) is 6.43. The van der Waals surface area contributed by atoms with Gasteiger partial charge in [-0.25, -0.2) is 0 Å². The molecule has 0 spiro atoms. The molecule has 0 aliphatic carbocycles. The van der Waals surface area contributed by atoms with Crippen molar-refractivity contribution in [3.8, 4) is 0 Å². The summed E-state index contributed by atoms with van der Waals surface area (Å²) in [6, 6.07) is 2.10. The van der Waals surface area contributed by atoms with Crippen molar-refractivity contribution in [3.63, 3.8) is 0 Å². The highest BCUT2D eigenvalue weighted by molar-refractivity contribution is 14.0. The summed E-state index contributed by atoms with van der Waals surface area (Å²) in [6.45, 7) is 12.8. The Morgan fingerprint density at radius 3 is 2.96 bits per heavy atom. The molecule has 1 aliphatic heterocycles. The molecular weight excluding hydrogens is 431 g/mol. The molecule has 0 aromatic carbocycles. The highest BCUT2D eigenvalue weighted by Gasteiger charge is 2.24. The Morgan fingerprint density at radius 1 is 1.50 bits per heavy atom. The van der Waals surface area contributed by atoms with Crippen molar-refractivity contribution >= 4 is 41.7 Å². The molecule has 1 aromatic heterocycles. The lowest BCUT2D eigenvalue weighted by molar-refractivity contribution is 0.381. The van der Waals surface area contributed by atoms with Crippen LogP contribution in [0.25, 0.3) is 0 Å². The summed E-state index contributed by atoms with van der Waals surface area (Å²) in [5, 5.41) is 4.17. The number of aliphatic imine (C=N–C) groups is 1. The van der Waals surface area contributed by atoms with Crippen molar-refractivity contribution in [2.24, 2.45) is 10.9 Å². The summed E-state index contributed by atoms with van der Waals surface area (Å²) in [5.41, 5.74) is 2.59. The first-order valence-electron chi connectivity index (χ1n) is 8.66. The van der Waals surface area contributed by atoms with Gasteiger partial charge in [-0.15, -0.1) is 24.0 Å². The summed E-state index contributed by atoms with van der Waals surface area (Å²) in [4.78, 5) is 11.5. The minimum Gasteiger partial charge on any atom is -0.357 e. The third-order valence-corrected chi connectivity index (χ3v) is 5.79. The van der Waals surface area contributed by atoms with Crippen LogP contribution in [-0.2, 0) is 6.42 Å². The van der Waals surface area contributed by atoms with Gasteiger partial charge in [0.15, 0.2) is 5.96 Å². The second-order valence-corrected chi connectivity index (χ2v) is 7.73. The van der Waals surface area contributed by atoms with E-state index in [0.29, 0.717) is 11.2 Å². The molecule has 1 aromatic rings. The van der Waals surface area contributed by atoms with Gasteiger partial charge in [0.25, 0.3) is 0 Å². The van der Waals surface area contributed by atoms with E-state index in [1.807, 2.05) is 12.4 Å². The number of nitrogens with one attached hydrogen (secondary N) is 1. The molecule has 0 saturated carbocycles. The van der Waals surface area contributed by atoms with Crippen LogP contribution in [0.15, 0.2) is 23.5 Å². The van der Waals surface area contributed by atoms with Crippen LogP contribution in [-0.4, -0.2) is 53.0 Å². The molecule has 24 heavy (non-hydrogen) atoms. The third-order valence-electron chi connectivity index (χ3n) is 4.25. The second kappa shape index (κ2) is 11.2. The number of hydrogen-bond acceptors (Lipinski definition) is 3. The number of guanidine groups is 1. The fourth-order valence-electron chi connectivity index (χ4n) is 2.76. The zero-order valence-electron chi connectivity index (χ0n) is 15.3. The number of hydrogen-bond donors (Lipinski definition) is 1. The summed E-state index contributed by atoms with van der Waals surface area (Å²) in [6.07, 6.45) is 4.77. The van der Waals surface area contributed by atoms with Gasteiger partial charge in [-0.2, -0.15) is 11.8 Å². The van der Waals surface area contributed by atoms with Gasteiger partial charge in [0.05, 0.1) is 0 Å². The van der Waals surface area contributed by atoms with Gasteiger partial charge in [-0.1, -0.05) is 13.8 Å². The normalized spacial score (nSPS) is 18.5. The van der Waals surface area contributed by atoms with E-state index in [9.17, 15) is 0 Å². The fraction of sp³-hybridized carbons (Fsp3) is 0.667. The van der Waals surface area contributed by atoms with E-state index in [1.165, 1.54) is 16.9 Å². The molecule has 0 radical (unpaired) electrons. The van der Waals surface area contributed by atoms with Crippen molar-refractivity contribution in [3.05, 3.63) is 29.6 Å².